The summed E-state index contributed by atoms with van der Waals surface area (Å²) in [6.07, 6.45) is 1.88. The van der Waals surface area contributed by atoms with E-state index in [4.69, 9.17) is 0 Å². The zero-order chi connectivity index (χ0) is 12.4. The Balaban J connectivity index is 2.04. The monoisotopic (exact) mass is 237 g/mol. The number of likely N-dealkylation sites (tertiary alicyclic amines) is 1. The summed E-state index contributed by atoms with van der Waals surface area (Å²) in [5.74, 6) is 0.0488. The van der Waals surface area contributed by atoms with Crippen LogP contribution in [0, 0.1) is 13.8 Å². The Labute approximate surface area is 101 Å². The normalized spacial score (nSPS) is 19.9. The number of aromatic nitrogens is 2. The molecule has 0 aliphatic carbocycles. The molecule has 5 heteroatoms. The van der Waals surface area contributed by atoms with E-state index in [9.17, 15) is 9.90 Å². The summed E-state index contributed by atoms with van der Waals surface area (Å²) in [5, 5.41) is 13.5. The number of carbonyl (C=O) groups is 1. The van der Waals surface area contributed by atoms with E-state index in [1.165, 1.54) is 0 Å². The van der Waals surface area contributed by atoms with Crippen LogP contribution < -0.4 is 0 Å². The first-order chi connectivity index (χ1) is 8.11. The van der Waals surface area contributed by atoms with Crippen molar-refractivity contribution in [2.75, 3.05) is 13.2 Å². The van der Waals surface area contributed by atoms with Crippen molar-refractivity contribution >= 4 is 5.91 Å². The van der Waals surface area contributed by atoms with E-state index < -0.39 is 0 Å². The molecule has 1 N–H and O–H groups in total. The van der Waals surface area contributed by atoms with Gasteiger partial charge in [-0.05, 0) is 32.8 Å². The fourth-order valence-electron chi connectivity index (χ4n) is 2.41. The van der Waals surface area contributed by atoms with Gasteiger partial charge in [-0.1, -0.05) is 0 Å². The van der Waals surface area contributed by atoms with Crippen molar-refractivity contribution in [1.29, 1.82) is 0 Å². The van der Waals surface area contributed by atoms with E-state index in [1.54, 1.807) is 9.58 Å². The Hall–Kier alpha value is -1.36. The Morgan fingerprint density at radius 2 is 2.35 bits per heavy atom. The molecule has 17 heavy (non-hydrogen) atoms. The average Bonchev–Trinajstić information content (AvgIpc) is 2.85. The van der Waals surface area contributed by atoms with Gasteiger partial charge in [0, 0.05) is 12.2 Å². The van der Waals surface area contributed by atoms with Gasteiger partial charge in [0.05, 0.1) is 18.3 Å². The third-order valence-electron chi connectivity index (χ3n) is 3.30. The molecule has 0 bridgehead atoms. The number of hydrogen-bond acceptors (Lipinski definition) is 3. The predicted molar refractivity (Wildman–Crippen MR) is 63.5 cm³/mol. The predicted octanol–water partition coefficient (Wildman–Crippen LogP) is 0.483. The minimum absolute atomic E-state index is 0.000495. The molecular weight excluding hydrogens is 218 g/mol. The number of amides is 1. The molecule has 1 aromatic rings. The summed E-state index contributed by atoms with van der Waals surface area (Å²) in [6.45, 7) is 4.95. The SMILES string of the molecule is Cc1cc(C)n(CC(=O)N2CCCC2CO)n1. The summed E-state index contributed by atoms with van der Waals surface area (Å²) in [6, 6.07) is 1.96. The molecule has 0 spiro atoms. The number of nitrogens with zero attached hydrogens (tertiary/aromatic N) is 3. The molecule has 1 unspecified atom stereocenters. The van der Waals surface area contributed by atoms with Gasteiger partial charge in [0.15, 0.2) is 0 Å². The lowest BCUT2D eigenvalue weighted by molar-refractivity contribution is -0.133. The number of carbonyl (C=O) groups excluding carboxylic acids is 1. The van der Waals surface area contributed by atoms with Gasteiger partial charge in [0.25, 0.3) is 0 Å². The zero-order valence-corrected chi connectivity index (χ0v) is 10.4. The lowest BCUT2D eigenvalue weighted by atomic mass is 10.2. The van der Waals surface area contributed by atoms with Crippen LogP contribution in [0.25, 0.3) is 0 Å². The van der Waals surface area contributed by atoms with E-state index in [0.717, 1.165) is 30.8 Å². The molecule has 1 aliphatic rings. The van der Waals surface area contributed by atoms with Crippen molar-refractivity contribution in [2.24, 2.45) is 0 Å². The molecule has 1 amide bonds. The largest absolute Gasteiger partial charge is 0.394 e. The van der Waals surface area contributed by atoms with Gasteiger partial charge >= 0.3 is 0 Å². The summed E-state index contributed by atoms with van der Waals surface area (Å²) < 4.78 is 1.73. The van der Waals surface area contributed by atoms with Crippen LogP contribution in [0.5, 0.6) is 0 Å². The molecule has 1 fully saturated rings. The second kappa shape index (κ2) is 4.87. The van der Waals surface area contributed by atoms with Gasteiger partial charge < -0.3 is 10.0 Å². The lowest BCUT2D eigenvalue weighted by Crippen LogP contribution is -2.39. The third-order valence-corrected chi connectivity index (χ3v) is 3.30. The standard InChI is InChI=1S/C12H19N3O2/c1-9-6-10(2)15(13-9)7-12(17)14-5-3-4-11(14)8-16/h6,11,16H,3-5,7-8H2,1-2H3. The summed E-state index contributed by atoms with van der Waals surface area (Å²) in [4.78, 5) is 13.9. The van der Waals surface area contributed by atoms with Crippen LogP contribution in [-0.4, -0.2) is 44.9 Å². The van der Waals surface area contributed by atoms with Crippen molar-refractivity contribution in [3.63, 3.8) is 0 Å². The summed E-state index contributed by atoms with van der Waals surface area (Å²) >= 11 is 0. The van der Waals surface area contributed by atoms with Crippen molar-refractivity contribution in [2.45, 2.75) is 39.3 Å². The van der Waals surface area contributed by atoms with E-state index in [2.05, 4.69) is 5.10 Å². The van der Waals surface area contributed by atoms with Crippen LogP contribution in [0.3, 0.4) is 0 Å². The van der Waals surface area contributed by atoms with Crippen LogP contribution >= 0.6 is 0 Å². The fourth-order valence-corrected chi connectivity index (χ4v) is 2.41. The first-order valence-electron chi connectivity index (χ1n) is 6.03. The van der Waals surface area contributed by atoms with Crippen molar-refractivity contribution in [3.05, 3.63) is 17.5 Å². The molecule has 1 aliphatic heterocycles. The highest BCUT2D eigenvalue weighted by Gasteiger charge is 2.28. The maximum absolute atomic E-state index is 12.1. The summed E-state index contributed by atoms with van der Waals surface area (Å²) in [7, 11) is 0. The third kappa shape index (κ3) is 2.49. The van der Waals surface area contributed by atoms with Crippen LogP contribution in [0.1, 0.15) is 24.2 Å². The molecule has 0 aromatic carbocycles. The number of aryl methyl sites for hydroxylation is 2. The van der Waals surface area contributed by atoms with Gasteiger partial charge in [-0.3, -0.25) is 9.48 Å². The second-order valence-corrected chi connectivity index (χ2v) is 4.65. The number of hydrogen-bond donors (Lipinski definition) is 1. The molecule has 1 aromatic heterocycles. The van der Waals surface area contributed by atoms with Crippen molar-refractivity contribution in [1.82, 2.24) is 14.7 Å². The first-order valence-corrected chi connectivity index (χ1v) is 6.03. The minimum Gasteiger partial charge on any atom is -0.394 e. The first kappa shape index (κ1) is 12.1. The van der Waals surface area contributed by atoms with Gasteiger partial charge in [-0.25, -0.2) is 0 Å². The van der Waals surface area contributed by atoms with Gasteiger partial charge in [-0.15, -0.1) is 0 Å². The molecule has 1 saturated heterocycles. The lowest BCUT2D eigenvalue weighted by Gasteiger charge is -2.23. The van der Waals surface area contributed by atoms with Gasteiger partial charge in [-0.2, -0.15) is 5.10 Å². The van der Waals surface area contributed by atoms with E-state index in [-0.39, 0.29) is 25.1 Å². The Morgan fingerprint density at radius 3 is 2.94 bits per heavy atom. The van der Waals surface area contributed by atoms with Crippen LogP contribution in [0.4, 0.5) is 0 Å². The minimum atomic E-state index is -0.000495. The molecule has 2 rings (SSSR count). The quantitative estimate of drug-likeness (QED) is 0.832. The number of aliphatic hydroxyl groups is 1. The zero-order valence-electron chi connectivity index (χ0n) is 10.4. The van der Waals surface area contributed by atoms with Crippen LogP contribution in [0.2, 0.25) is 0 Å². The maximum Gasteiger partial charge on any atom is 0.244 e. The highest BCUT2D eigenvalue weighted by molar-refractivity contribution is 5.76. The van der Waals surface area contributed by atoms with Crippen molar-refractivity contribution in [3.8, 4) is 0 Å². The smallest absolute Gasteiger partial charge is 0.244 e. The summed E-state index contributed by atoms with van der Waals surface area (Å²) in [5.41, 5.74) is 1.92. The van der Waals surface area contributed by atoms with E-state index in [1.807, 2.05) is 19.9 Å². The molecular formula is C12H19N3O2. The van der Waals surface area contributed by atoms with Crippen LogP contribution in [-0.2, 0) is 11.3 Å². The molecule has 0 saturated carbocycles. The van der Waals surface area contributed by atoms with E-state index in [0.29, 0.717) is 0 Å². The van der Waals surface area contributed by atoms with Gasteiger partial charge in [0.2, 0.25) is 5.91 Å². The topological polar surface area (TPSA) is 58.4 Å². The van der Waals surface area contributed by atoms with Crippen LogP contribution in [0.15, 0.2) is 6.07 Å². The highest BCUT2D eigenvalue weighted by atomic mass is 16.3. The number of rotatable bonds is 3. The van der Waals surface area contributed by atoms with Crippen molar-refractivity contribution < 1.29 is 9.90 Å². The second-order valence-electron chi connectivity index (χ2n) is 4.65. The Kier molecular flexibility index (Phi) is 3.47. The number of aliphatic hydroxyl groups excluding tert-OH is 1. The Bertz CT molecular complexity index is 414. The molecule has 5 nitrogen and oxygen atoms in total. The van der Waals surface area contributed by atoms with Gasteiger partial charge in [0.1, 0.15) is 6.54 Å². The molecule has 0 radical (unpaired) electrons. The molecule has 2 heterocycles. The molecule has 1 atom stereocenters. The highest BCUT2D eigenvalue weighted by Crippen LogP contribution is 2.17. The fraction of sp³-hybridized carbons (Fsp3) is 0.667. The maximum atomic E-state index is 12.1. The van der Waals surface area contributed by atoms with E-state index >= 15 is 0 Å². The average molecular weight is 237 g/mol. The Morgan fingerprint density at radius 1 is 1.59 bits per heavy atom. The molecule has 94 valence electrons.